The van der Waals surface area contributed by atoms with Crippen LogP contribution in [0, 0.1) is 0 Å². The predicted octanol–water partition coefficient (Wildman–Crippen LogP) is 2.08. The van der Waals surface area contributed by atoms with Gasteiger partial charge in [-0.1, -0.05) is 17.7 Å². The van der Waals surface area contributed by atoms with E-state index in [1.165, 1.54) is 19.1 Å². The van der Waals surface area contributed by atoms with Crippen molar-refractivity contribution in [3.8, 4) is 5.75 Å². The number of fused-ring (bicyclic) bond motifs is 2. The van der Waals surface area contributed by atoms with Crippen molar-refractivity contribution in [2.45, 2.75) is 50.4 Å². The fourth-order valence-corrected chi connectivity index (χ4v) is 5.57. The second-order valence-corrected chi connectivity index (χ2v) is 10.4. The van der Waals surface area contributed by atoms with E-state index in [1.807, 2.05) is 12.1 Å². The van der Waals surface area contributed by atoms with Crippen LogP contribution in [0.5, 0.6) is 5.75 Å². The van der Waals surface area contributed by atoms with Crippen LogP contribution in [-0.4, -0.2) is 68.2 Å². The maximum Gasteiger partial charge on any atom is 0.211 e. The molecule has 27 heavy (non-hydrogen) atoms. The molecule has 3 heterocycles. The number of ether oxygens (including phenoxy) is 1. The van der Waals surface area contributed by atoms with Gasteiger partial charge in [-0.2, -0.15) is 4.31 Å². The fraction of sp³-hybridized carbons (Fsp3) is 0.684. The summed E-state index contributed by atoms with van der Waals surface area (Å²) in [4.78, 5) is 2.26. The molecule has 3 aliphatic rings. The van der Waals surface area contributed by atoms with Gasteiger partial charge in [0.25, 0.3) is 0 Å². The largest absolute Gasteiger partial charge is 0.489 e. The normalized spacial score (nSPS) is 29.8. The molecule has 1 aromatic carbocycles. The molecular weight excluding hydrogens is 386 g/mol. The highest BCUT2D eigenvalue weighted by atomic mass is 35.5. The Balaban J connectivity index is 1.32. The minimum absolute atomic E-state index is 0.246. The zero-order valence-corrected chi connectivity index (χ0v) is 17.3. The van der Waals surface area contributed by atoms with Gasteiger partial charge in [0.15, 0.2) is 0 Å². The lowest BCUT2D eigenvalue weighted by molar-refractivity contribution is 0.137. The van der Waals surface area contributed by atoms with Crippen LogP contribution in [-0.2, 0) is 16.6 Å². The molecule has 2 unspecified atom stereocenters. The molecular formula is C19H28ClN3O3S. The monoisotopic (exact) mass is 413 g/mol. The summed E-state index contributed by atoms with van der Waals surface area (Å²) in [5.41, 5.74) is 1.13. The molecule has 6 nitrogen and oxygen atoms in total. The Labute approximate surface area is 166 Å². The number of piperidine rings is 1. The quantitative estimate of drug-likeness (QED) is 0.800. The summed E-state index contributed by atoms with van der Waals surface area (Å²) in [6.07, 6.45) is 6.14. The molecule has 0 aliphatic carbocycles. The summed E-state index contributed by atoms with van der Waals surface area (Å²) in [5, 5.41) is 4.29. The molecule has 1 N–H and O–H groups in total. The van der Waals surface area contributed by atoms with E-state index in [4.69, 9.17) is 16.3 Å². The van der Waals surface area contributed by atoms with Gasteiger partial charge in [0.05, 0.1) is 11.3 Å². The minimum atomic E-state index is -3.09. The van der Waals surface area contributed by atoms with Crippen molar-refractivity contribution < 1.29 is 13.2 Å². The fourth-order valence-electron chi connectivity index (χ4n) is 4.50. The van der Waals surface area contributed by atoms with Crippen LogP contribution in [0.15, 0.2) is 18.2 Å². The number of nitrogens with zero attached hydrogens (tertiary/aromatic N) is 2. The second kappa shape index (κ2) is 7.87. The van der Waals surface area contributed by atoms with E-state index >= 15 is 0 Å². The topological polar surface area (TPSA) is 61.9 Å². The van der Waals surface area contributed by atoms with Gasteiger partial charge < -0.3 is 10.1 Å². The van der Waals surface area contributed by atoms with Crippen molar-refractivity contribution in [2.75, 3.05) is 32.4 Å². The average molecular weight is 414 g/mol. The van der Waals surface area contributed by atoms with E-state index in [1.54, 1.807) is 4.31 Å². The van der Waals surface area contributed by atoms with E-state index in [-0.39, 0.29) is 6.10 Å². The zero-order chi connectivity index (χ0) is 19.0. The van der Waals surface area contributed by atoms with Crippen LogP contribution in [0.3, 0.4) is 0 Å². The van der Waals surface area contributed by atoms with Crippen LogP contribution in [0.25, 0.3) is 0 Å². The molecule has 0 amide bonds. The highest BCUT2D eigenvalue weighted by Crippen LogP contribution is 2.33. The molecule has 150 valence electrons. The highest BCUT2D eigenvalue weighted by molar-refractivity contribution is 7.88. The standard InChI is InChI=1S/C19H28ClN3O3S/c1-27(24,25)23-8-6-22(7-9-23)13-14-2-5-19(18(20)10-14)26-17-11-15-3-4-16(12-17)21-15/h2,5,10,15-17,21H,3-4,6-9,11-13H2,1H3. The molecule has 3 fully saturated rings. The smallest absolute Gasteiger partial charge is 0.211 e. The lowest BCUT2D eigenvalue weighted by Gasteiger charge is -2.33. The molecule has 4 rings (SSSR count). The molecule has 8 heteroatoms. The molecule has 0 spiro atoms. The first-order valence-electron chi connectivity index (χ1n) is 9.75. The van der Waals surface area contributed by atoms with Gasteiger partial charge >= 0.3 is 0 Å². The van der Waals surface area contributed by atoms with E-state index in [2.05, 4.69) is 16.3 Å². The Morgan fingerprint density at radius 2 is 1.81 bits per heavy atom. The zero-order valence-electron chi connectivity index (χ0n) is 15.7. The molecule has 0 aromatic heterocycles. The van der Waals surface area contributed by atoms with Gasteiger partial charge in [0.2, 0.25) is 10.0 Å². The van der Waals surface area contributed by atoms with E-state index in [9.17, 15) is 8.42 Å². The van der Waals surface area contributed by atoms with Crippen molar-refractivity contribution in [1.82, 2.24) is 14.5 Å². The summed E-state index contributed by atoms with van der Waals surface area (Å²) in [7, 11) is -3.09. The Hall–Kier alpha value is -0.860. The van der Waals surface area contributed by atoms with Crippen molar-refractivity contribution in [3.63, 3.8) is 0 Å². The van der Waals surface area contributed by atoms with Crippen LogP contribution in [0.2, 0.25) is 5.02 Å². The number of hydrogen-bond acceptors (Lipinski definition) is 5. The predicted molar refractivity (Wildman–Crippen MR) is 107 cm³/mol. The molecule has 3 saturated heterocycles. The summed E-state index contributed by atoms with van der Waals surface area (Å²) in [5.74, 6) is 0.772. The van der Waals surface area contributed by atoms with Gasteiger partial charge in [-0.15, -0.1) is 0 Å². The first-order chi connectivity index (χ1) is 12.9. The molecule has 1 aromatic rings. The summed E-state index contributed by atoms with van der Waals surface area (Å²) < 4.78 is 31.0. The van der Waals surface area contributed by atoms with Crippen molar-refractivity contribution in [2.24, 2.45) is 0 Å². The lowest BCUT2D eigenvalue weighted by atomic mass is 10.0. The number of rotatable bonds is 5. The maximum atomic E-state index is 11.6. The molecule has 3 aliphatic heterocycles. The average Bonchev–Trinajstić information content (AvgIpc) is 2.95. The second-order valence-electron chi connectivity index (χ2n) is 8.05. The van der Waals surface area contributed by atoms with Crippen molar-refractivity contribution in [3.05, 3.63) is 28.8 Å². The summed E-state index contributed by atoms with van der Waals surface area (Å²) in [6, 6.07) is 7.22. The number of halogens is 1. The SMILES string of the molecule is CS(=O)(=O)N1CCN(Cc2ccc(OC3CC4CCC(C3)N4)c(Cl)c2)CC1. The first-order valence-corrected chi connectivity index (χ1v) is 12.0. The van der Waals surface area contributed by atoms with Gasteiger partial charge in [0, 0.05) is 44.8 Å². The van der Waals surface area contributed by atoms with E-state index in [0.717, 1.165) is 43.8 Å². The van der Waals surface area contributed by atoms with Gasteiger partial charge in [-0.25, -0.2) is 8.42 Å². The summed E-state index contributed by atoms with van der Waals surface area (Å²) in [6.45, 7) is 3.34. The Morgan fingerprint density at radius 1 is 1.15 bits per heavy atom. The molecule has 2 atom stereocenters. The van der Waals surface area contributed by atoms with Crippen LogP contribution in [0.4, 0.5) is 0 Å². The van der Waals surface area contributed by atoms with Crippen LogP contribution < -0.4 is 10.1 Å². The van der Waals surface area contributed by atoms with Crippen molar-refractivity contribution in [1.29, 1.82) is 0 Å². The third-order valence-electron chi connectivity index (χ3n) is 5.93. The number of piperazine rings is 1. The maximum absolute atomic E-state index is 11.6. The Kier molecular flexibility index (Phi) is 5.67. The van der Waals surface area contributed by atoms with Gasteiger partial charge in [-0.3, -0.25) is 4.90 Å². The van der Waals surface area contributed by atoms with E-state index in [0.29, 0.717) is 30.2 Å². The number of hydrogen-bond donors (Lipinski definition) is 1. The molecule has 0 saturated carbocycles. The third kappa shape index (κ3) is 4.77. The van der Waals surface area contributed by atoms with Crippen LogP contribution >= 0.6 is 11.6 Å². The van der Waals surface area contributed by atoms with Gasteiger partial charge in [-0.05, 0) is 43.4 Å². The van der Waals surface area contributed by atoms with Crippen molar-refractivity contribution >= 4 is 21.6 Å². The molecule has 2 bridgehead atoms. The Morgan fingerprint density at radius 3 is 2.41 bits per heavy atom. The van der Waals surface area contributed by atoms with Gasteiger partial charge in [0.1, 0.15) is 11.9 Å². The van der Waals surface area contributed by atoms with E-state index < -0.39 is 10.0 Å². The number of nitrogens with one attached hydrogen (secondary N) is 1. The minimum Gasteiger partial charge on any atom is -0.489 e. The molecule has 0 radical (unpaired) electrons. The Bertz CT molecular complexity index is 768. The van der Waals surface area contributed by atoms with Crippen LogP contribution in [0.1, 0.15) is 31.2 Å². The summed E-state index contributed by atoms with van der Waals surface area (Å²) >= 11 is 6.49. The lowest BCUT2D eigenvalue weighted by Crippen LogP contribution is -2.47. The number of benzene rings is 1. The number of sulfonamides is 1. The third-order valence-corrected chi connectivity index (χ3v) is 7.52. The first kappa shape index (κ1) is 19.5. The highest BCUT2D eigenvalue weighted by Gasteiger charge is 2.34.